The van der Waals surface area contributed by atoms with E-state index < -0.39 is 0 Å². The molecule has 124 valence electrons. The van der Waals surface area contributed by atoms with Gasteiger partial charge in [-0.3, -0.25) is 9.48 Å². The van der Waals surface area contributed by atoms with E-state index >= 15 is 0 Å². The monoisotopic (exact) mass is 306 g/mol. The van der Waals surface area contributed by atoms with Gasteiger partial charge in [0.2, 0.25) is 5.91 Å². The third kappa shape index (κ3) is 4.32. The van der Waals surface area contributed by atoms with Crippen LogP contribution in [-0.4, -0.2) is 46.8 Å². The normalized spacial score (nSPS) is 19.4. The summed E-state index contributed by atoms with van der Waals surface area (Å²) in [7, 11) is 0. The van der Waals surface area contributed by atoms with Crippen LogP contribution in [0.4, 0.5) is 0 Å². The zero-order valence-corrected chi connectivity index (χ0v) is 14.5. The number of aryl methyl sites for hydroxylation is 2. The number of rotatable bonds is 6. The molecule has 1 aromatic rings. The fourth-order valence-corrected chi connectivity index (χ4v) is 3.16. The molecule has 1 fully saturated rings. The first-order chi connectivity index (χ1) is 10.5. The van der Waals surface area contributed by atoms with Crippen LogP contribution >= 0.6 is 0 Å². The molecule has 0 aromatic carbocycles. The van der Waals surface area contributed by atoms with Crippen molar-refractivity contribution in [2.45, 2.75) is 53.5 Å². The molecule has 5 nitrogen and oxygen atoms in total. The van der Waals surface area contributed by atoms with Crippen molar-refractivity contribution in [1.82, 2.24) is 20.0 Å². The van der Waals surface area contributed by atoms with E-state index in [1.54, 1.807) is 0 Å². The maximum absolute atomic E-state index is 12.0. The largest absolute Gasteiger partial charge is 0.356 e. The first kappa shape index (κ1) is 17.0. The Morgan fingerprint density at radius 3 is 2.77 bits per heavy atom. The minimum absolute atomic E-state index is 0.138. The number of piperidine rings is 1. The number of nitrogens with one attached hydrogen (secondary N) is 1. The number of likely N-dealkylation sites (tertiary alicyclic amines) is 1. The summed E-state index contributed by atoms with van der Waals surface area (Å²) in [4.78, 5) is 14.5. The predicted octanol–water partition coefficient (Wildman–Crippen LogP) is 2.05. The Hall–Kier alpha value is -1.36. The standard InChI is InChI=1S/C17H30N4O/c1-5-20-9-6-7-16(12-20)11-18-17(22)8-10-21-15(4)13(2)14(3)19-21/h16H,5-12H2,1-4H3,(H,18,22)/t16-/m1/s1. The van der Waals surface area contributed by atoms with Crippen molar-refractivity contribution in [1.29, 1.82) is 0 Å². The summed E-state index contributed by atoms with van der Waals surface area (Å²) in [6, 6.07) is 0. The molecule has 0 spiro atoms. The molecule has 1 aromatic heterocycles. The lowest BCUT2D eigenvalue weighted by Crippen LogP contribution is -2.40. The number of amides is 1. The second kappa shape index (κ2) is 7.77. The molecule has 0 unspecified atom stereocenters. The van der Waals surface area contributed by atoms with Gasteiger partial charge in [0.15, 0.2) is 0 Å². The number of carbonyl (C=O) groups excluding carboxylic acids is 1. The van der Waals surface area contributed by atoms with E-state index in [1.165, 1.54) is 24.9 Å². The predicted molar refractivity (Wildman–Crippen MR) is 88.9 cm³/mol. The van der Waals surface area contributed by atoms with Crippen LogP contribution in [0, 0.1) is 26.7 Å². The molecule has 2 rings (SSSR count). The van der Waals surface area contributed by atoms with E-state index in [1.807, 2.05) is 11.6 Å². The van der Waals surface area contributed by atoms with Crippen LogP contribution in [-0.2, 0) is 11.3 Å². The Labute approximate surface area is 134 Å². The third-order valence-electron chi connectivity index (χ3n) is 4.93. The van der Waals surface area contributed by atoms with E-state index in [-0.39, 0.29) is 5.91 Å². The van der Waals surface area contributed by atoms with Crippen molar-refractivity contribution in [3.8, 4) is 0 Å². The van der Waals surface area contributed by atoms with Gasteiger partial charge in [0.1, 0.15) is 0 Å². The topological polar surface area (TPSA) is 50.2 Å². The third-order valence-corrected chi connectivity index (χ3v) is 4.93. The van der Waals surface area contributed by atoms with Crippen LogP contribution in [0.25, 0.3) is 0 Å². The van der Waals surface area contributed by atoms with Crippen molar-refractivity contribution in [3.05, 3.63) is 17.0 Å². The second-order valence-electron chi connectivity index (χ2n) is 6.47. The average Bonchev–Trinajstić information content (AvgIpc) is 2.78. The smallest absolute Gasteiger partial charge is 0.221 e. The summed E-state index contributed by atoms with van der Waals surface area (Å²) >= 11 is 0. The zero-order valence-electron chi connectivity index (χ0n) is 14.5. The van der Waals surface area contributed by atoms with Crippen molar-refractivity contribution in [2.24, 2.45) is 5.92 Å². The average molecular weight is 306 g/mol. The van der Waals surface area contributed by atoms with Crippen molar-refractivity contribution >= 4 is 5.91 Å². The Morgan fingerprint density at radius 1 is 1.36 bits per heavy atom. The highest BCUT2D eigenvalue weighted by Gasteiger charge is 2.19. The Morgan fingerprint density at radius 2 is 2.14 bits per heavy atom. The molecule has 1 aliphatic heterocycles. The quantitative estimate of drug-likeness (QED) is 0.875. The summed E-state index contributed by atoms with van der Waals surface area (Å²) in [6.07, 6.45) is 2.98. The highest BCUT2D eigenvalue weighted by atomic mass is 16.1. The second-order valence-corrected chi connectivity index (χ2v) is 6.47. The summed E-state index contributed by atoms with van der Waals surface area (Å²) in [5, 5.41) is 7.58. The van der Waals surface area contributed by atoms with Crippen LogP contribution in [0.1, 0.15) is 43.1 Å². The maximum atomic E-state index is 12.0. The zero-order chi connectivity index (χ0) is 16.1. The highest BCUT2D eigenvalue weighted by molar-refractivity contribution is 5.75. The lowest BCUT2D eigenvalue weighted by atomic mass is 9.98. The van der Waals surface area contributed by atoms with Gasteiger partial charge in [0, 0.05) is 31.7 Å². The first-order valence-corrected chi connectivity index (χ1v) is 8.51. The Kier molecular flexibility index (Phi) is 6.00. The minimum Gasteiger partial charge on any atom is -0.356 e. The van der Waals surface area contributed by atoms with Crippen molar-refractivity contribution < 1.29 is 4.79 Å². The van der Waals surface area contributed by atoms with Crippen LogP contribution in [0.3, 0.4) is 0 Å². The van der Waals surface area contributed by atoms with Gasteiger partial charge in [-0.25, -0.2) is 0 Å². The SMILES string of the molecule is CCN1CCC[C@H](CNC(=O)CCn2nc(C)c(C)c2C)C1. The number of carbonyl (C=O) groups is 1. The fourth-order valence-electron chi connectivity index (χ4n) is 3.16. The number of aromatic nitrogens is 2. The van der Waals surface area contributed by atoms with Crippen molar-refractivity contribution in [2.75, 3.05) is 26.2 Å². The number of hydrogen-bond donors (Lipinski definition) is 1. The Bertz CT molecular complexity index is 509. The summed E-state index contributed by atoms with van der Waals surface area (Å²) < 4.78 is 1.95. The molecule has 1 amide bonds. The van der Waals surface area contributed by atoms with Gasteiger partial charge in [-0.1, -0.05) is 6.92 Å². The Balaban J connectivity index is 1.73. The first-order valence-electron chi connectivity index (χ1n) is 8.51. The van der Waals surface area contributed by atoms with E-state index in [0.29, 0.717) is 18.9 Å². The highest BCUT2D eigenvalue weighted by Crippen LogP contribution is 2.15. The van der Waals surface area contributed by atoms with Gasteiger partial charge in [0.25, 0.3) is 0 Å². The van der Waals surface area contributed by atoms with Crippen LogP contribution < -0.4 is 5.32 Å². The molecule has 2 heterocycles. The maximum Gasteiger partial charge on any atom is 0.221 e. The molecule has 22 heavy (non-hydrogen) atoms. The molecule has 0 aliphatic carbocycles. The lowest BCUT2D eigenvalue weighted by Gasteiger charge is -2.31. The van der Waals surface area contributed by atoms with Crippen LogP contribution in [0.2, 0.25) is 0 Å². The lowest BCUT2D eigenvalue weighted by molar-refractivity contribution is -0.121. The summed E-state index contributed by atoms with van der Waals surface area (Å²) in [6.45, 7) is 13.3. The molecule has 1 saturated heterocycles. The summed E-state index contributed by atoms with van der Waals surface area (Å²) in [5.41, 5.74) is 3.44. The van der Waals surface area contributed by atoms with E-state index in [9.17, 15) is 4.79 Å². The molecule has 0 radical (unpaired) electrons. The van der Waals surface area contributed by atoms with Gasteiger partial charge < -0.3 is 10.2 Å². The van der Waals surface area contributed by atoms with E-state index in [2.05, 4.69) is 36.1 Å². The minimum atomic E-state index is 0.138. The molecule has 0 saturated carbocycles. The van der Waals surface area contributed by atoms with Gasteiger partial charge >= 0.3 is 0 Å². The molecule has 5 heteroatoms. The fraction of sp³-hybridized carbons (Fsp3) is 0.765. The molecule has 1 N–H and O–H groups in total. The molecule has 0 bridgehead atoms. The van der Waals surface area contributed by atoms with Crippen LogP contribution in [0.15, 0.2) is 0 Å². The molecule has 1 atom stereocenters. The molecular weight excluding hydrogens is 276 g/mol. The number of nitrogens with zero attached hydrogens (tertiary/aromatic N) is 3. The van der Waals surface area contributed by atoms with Crippen molar-refractivity contribution in [3.63, 3.8) is 0 Å². The molecule has 1 aliphatic rings. The summed E-state index contributed by atoms with van der Waals surface area (Å²) in [5.74, 6) is 0.743. The van der Waals surface area contributed by atoms with Crippen LogP contribution in [0.5, 0.6) is 0 Å². The molecular formula is C17H30N4O. The van der Waals surface area contributed by atoms with E-state index in [4.69, 9.17) is 0 Å². The van der Waals surface area contributed by atoms with Gasteiger partial charge in [-0.15, -0.1) is 0 Å². The van der Waals surface area contributed by atoms with Gasteiger partial charge in [0.05, 0.1) is 5.69 Å². The number of hydrogen-bond acceptors (Lipinski definition) is 3. The van der Waals surface area contributed by atoms with E-state index in [0.717, 1.165) is 31.0 Å². The van der Waals surface area contributed by atoms with Gasteiger partial charge in [-0.2, -0.15) is 5.10 Å². The van der Waals surface area contributed by atoms with Gasteiger partial charge in [-0.05, 0) is 58.2 Å².